The molecule has 2 rings (SSSR count). The Morgan fingerprint density at radius 2 is 2.07 bits per heavy atom. The molecule has 1 heterocycles. The van der Waals surface area contributed by atoms with E-state index in [-0.39, 0.29) is 9.92 Å². The van der Waals surface area contributed by atoms with E-state index in [9.17, 15) is 8.42 Å². The number of nitrogens with one attached hydrogen (secondary N) is 1. The molecule has 1 aromatic carbocycles. The van der Waals surface area contributed by atoms with Crippen molar-refractivity contribution in [3.05, 3.63) is 23.4 Å². The summed E-state index contributed by atoms with van der Waals surface area (Å²) in [6.07, 6.45) is 1.48. The smallest absolute Gasteiger partial charge is 0.261 e. The van der Waals surface area contributed by atoms with Gasteiger partial charge in [0, 0.05) is 16.1 Å². The number of hydrogen-bond donors (Lipinski definition) is 1. The summed E-state index contributed by atoms with van der Waals surface area (Å²) in [6, 6.07) is 2.69. The number of aromatic amines is 1. The van der Waals surface area contributed by atoms with Crippen molar-refractivity contribution in [2.75, 3.05) is 0 Å². The van der Waals surface area contributed by atoms with E-state index in [2.05, 4.69) is 10.2 Å². The lowest BCUT2D eigenvalue weighted by molar-refractivity contribution is 0.609. The molecule has 0 spiro atoms. The summed E-state index contributed by atoms with van der Waals surface area (Å²) in [6.45, 7) is 0. The number of nitrogens with zero attached hydrogens (tertiary/aromatic N) is 1. The van der Waals surface area contributed by atoms with Gasteiger partial charge in [-0.3, -0.25) is 5.10 Å². The van der Waals surface area contributed by atoms with Crippen molar-refractivity contribution >= 4 is 42.2 Å². The summed E-state index contributed by atoms with van der Waals surface area (Å²) < 4.78 is 22.1. The Hall–Kier alpha value is -0.780. The molecule has 0 aliphatic carbocycles. The van der Waals surface area contributed by atoms with E-state index in [4.69, 9.17) is 22.3 Å². The van der Waals surface area contributed by atoms with Gasteiger partial charge in [0.1, 0.15) is 0 Å². The van der Waals surface area contributed by atoms with E-state index in [1.54, 1.807) is 0 Å². The number of H-pyrrole nitrogens is 1. The minimum absolute atomic E-state index is 0.0296. The third-order valence-corrected chi connectivity index (χ3v) is 3.39. The van der Waals surface area contributed by atoms with Gasteiger partial charge in [0.05, 0.1) is 21.6 Å². The molecule has 1 N–H and O–H groups in total. The van der Waals surface area contributed by atoms with Crippen LogP contribution in [0.3, 0.4) is 0 Å². The van der Waals surface area contributed by atoms with Crippen LogP contribution in [0.15, 0.2) is 23.2 Å². The van der Waals surface area contributed by atoms with Crippen LogP contribution in [0, 0.1) is 0 Å². The Bertz CT molecular complexity index is 591. The van der Waals surface area contributed by atoms with Crippen LogP contribution in [-0.4, -0.2) is 18.6 Å². The third-order valence-electron chi connectivity index (χ3n) is 1.76. The fourth-order valence-corrected chi connectivity index (χ4v) is 2.26. The largest absolute Gasteiger partial charge is 0.276 e. The topological polar surface area (TPSA) is 62.8 Å². The van der Waals surface area contributed by atoms with Crippen LogP contribution in [0.2, 0.25) is 5.02 Å². The van der Waals surface area contributed by atoms with Gasteiger partial charge in [-0.15, -0.1) is 0 Å². The minimum Gasteiger partial charge on any atom is -0.276 e. The van der Waals surface area contributed by atoms with Gasteiger partial charge in [-0.2, -0.15) is 5.10 Å². The zero-order valence-electron chi connectivity index (χ0n) is 6.66. The lowest BCUT2D eigenvalue weighted by atomic mass is 10.3. The summed E-state index contributed by atoms with van der Waals surface area (Å²) in [4.78, 5) is -0.0296. The number of halogens is 2. The maximum Gasteiger partial charge on any atom is 0.261 e. The highest BCUT2D eigenvalue weighted by Crippen LogP contribution is 2.27. The summed E-state index contributed by atoms with van der Waals surface area (Å²) in [5.41, 5.74) is 0.593. The fraction of sp³-hybridized carbons (Fsp3) is 0. The molecule has 1 aromatic heterocycles. The first-order valence-electron chi connectivity index (χ1n) is 3.56. The molecule has 2 aromatic rings. The highest BCUT2D eigenvalue weighted by Gasteiger charge is 2.13. The molecule has 7 heteroatoms. The lowest BCUT2D eigenvalue weighted by Crippen LogP contribution is -1.90. The molecular weight excluding hydrogens is 247 g/mol. The van der Waals surface area contributed by atoms with Gasteiger partial charge in [0.2, 0.25) is 0 Å². The molecule has 0 unspecified atom stereocenters. The molecule has 0 atom stereocenters. The van der Waals surface area contributed by atoms with Crippen molar-refractivity contribution in [3.63, 3.8) is 0 Å². The van der Waals surface area contributed by atoms with E-state index in [1.165, 1.54) is 18.3 Å². The fourth-order valence-electron chi connectivity index (χ4n) is 1.13. The monoisotopic (exact) mass is 250 g/mol. The molecule has 0 radical (unpaired) electrons. The number of benzene rings is 1. The molecular formula is C7H4Cl2N2O2S. The van der Waals surface area contributed by atoms with Gasteiger partial charge in [0.15, 0.2) is 0 Å². The van der Waals surface area contributed by atoms with Crippen LogP contribution >= 0.6 is 22.3 Å². The Labute approximate surface area is 89.2 Å². The highest BCUT2D eigenvalue weighted by atomic mass is 35.7. The minimum atomic E-state index is -3.75. The molecule has 0 saturated carbocycles. The highest BCUT2D eigenvalue weighted by molar-refractivity contribution is 8.13. The quantitative estimate of drug-likeness (QED) is 0.790. The van der Waals surface area contributed by atoms with Gasteiger partial charge in [-0.1, -0.05) is 11.6 Å². The standard InChI is InChI=1S/C7H4Cl2N2O2S/c8-6-2-5(14(9,12)13)1-4-3-10-11-7(4)6/h1-3H,(H,10,11). The second-order valence-electron chi connectivity index (χ2n) is 2.68. The molecule has 0 bridgehead atoms. The average molecular weight is 251 g/mol. The Morgan fingerprint density at radius 1 is 1.36 bits per heavy atom. The van der Waals surface area contributed by atoms with Gasteiger partial charge in [-0.05, 0) is 12.1 Å². The van der Waals surface area contributed by atoms with Gasteiger partial charge >= 0.3 is 0 Å². The number of hydrogen-bond acceptors (Lipinski definition) is 3. The van der Waals surface area contributed by atoms with E-state index < -0.39 is 9.05 Å². The first-order valence-corrected chi connectivity index (χ1v) is 6.24. The SMILES string of the molecule is O=S(=O)(Cl)c1cc(Cl)c2[nH]ncc2c1. The van der Waals surface area contributed by atoms with Crippen molar-refractivity contribution in [2.45, 2.75) is 4.90 Å². The van der Waals surface area contributed by atoms with Crippen LogP contribution in [0.1, 0.15) is 0 Å². The Kier molecular flexibility index (Phi) is 2.17. The van der Waals surface area contributed by atoms with Crippen molar-refractivity contribution in [2.24, 2.45) is 0 Å². The van der Waals surface area contributed by atoms with Gasteiger partial charge in [0.25, 0.3) is 9.05 Å². The third kappa shape index (κ3) is 1.58. The van der Waals surface area contributed by atoms with Crippen LogP contribution in [-0.2, 0) is 9.05 Å². The Balaban J connectivity index is 2.83. The number of rotatable bonds is 1. The molecule has 0 saturated heterocycles. The zero-order chi connectivity index (χ0) is 10.3. The molecule has 0 amide bonds. The second-order valence-corrected chi connectivity index (χ2v) is 5.65. The van der Waals surface area contributed by atoms with Crippen molar-refractivity contribution in [3.8, 4) is 0 Å². The van der Waals surface area contributed by atoms with Crippen molar-refractivity contribution < 1.29 is 8.42 Å². The normalized spacial score (nSPS) is 12.1. The van der Waals surface area contributed by atoms with Gasteiger partial charge < -0.3 is 0 Å². The van der Waals surface area contributed by atoms with E-state index >= 15 is 0 Å². The average Bonchev–Trinajstić information content (AvgIpc) is 2.50. The summed E-state index contributed by atoms with van der Waals surface area (Å²) in [5.74, 6) is 0. The molecule has 0 aliphatic rings. The maximum absolute atomic E-state index is 11.0. The van der Waals surface area contributed by atoms with E-state index in [0.29, 0.717) is 10.9 Å². The molecule has 14 heavy (non-hydrogen) atoms. The van der Waals surface area contributed by atoms with E-state index in [0.717, 1.165) is 0 Å². The van der Waals surface area contributed by atoms with Crippen LogP contribution in [0.4, 0.5) is 0 Å². The molecule has 0 aliphatic heterocycles. The summed E-state index contributed by atoms with van der Waals surface area (Å²) in [5, 5.41) is 7.27. The summed E-state index contributed by atoms with van der Waals surface area (Å²) >= 11 is 5.82. The number of aromatic nitrogens is 2. The molecule has 4 nitrogen and oxygen atoms in total. The molecule has 0 fully saturated rings. The zero-order valence-corrected chi connectivity index (χ0v) is 8.99. The number of fused-ring (bicyclic) bond motifs is 1. The van der Waals surface area contributed by atoms with E-state index in [1.807, 2.05) is 0 Å². The Morgan fingerprint density at radius 3 is 2.71 bits per heavy atom. The lowest BCUT2D eigenvalue weighted by Gasteiger charge is -1.98. The van der Waals surface area contributed by atoms with Gasteiger partial charge in [-0.25, -0.2) is 8.42 Å². The maximum atomic E-state index is 11.0. The predicted octanol–water partition coefficient (Wildman–Crippen LogP) is 2.14. The first-order chi connectivity index (χ1) is 6.48. The van der Waals surface area contributed by atoms with Crippen molar-refractivity contribution in [1.29, 1.82) is 0 Å². The van der Waals surface area contributed by atoms with Crippen molar-refractivity contribution in [1.82, 2.24) is 10.2 Å². The van der Waals surface area contributed by atoms with Crippen LogP contribution < -0.4 is 0 Å². The second kappa shape index (κ2) is 3.12. The first kappa shape index (κ1) is 9.76. The van der Waals surface area contributed by atoms with Crippen LogP contribution in [0.25, 0.3) is 10.9 Å². The summed E-state index contributed by atoms with van der Waals surface area (Å²) in [7, 11) is 1.43. The molecule has 74 valence electrons. The van der Waals surface area contributed by atoms with Crippen LogP contribution in [0.5, 0.6) is 0 Å². The predicted molar refractivity (Wildman–Crippen MR) is 54.1 cm³/mol.